The number of halogens is 1. The molecule has 1 aliphatic rings. The van der Waals surface area contributed by atoms with Crippen LogP contribution in [0.25, 0.3) is 0 Å². The van der Waals surface area contributed by atoms with Crippen LogP contribution in [0.3, 0.4) is 0 Å². The molecule has 1 fully saturated rings. The van der Waals surface area contributed by atoms with Crippen molar-refractivity contribution < 1.29 is 14.3 Å². The predicted molar refractivity (Wildman–Crippen MR) is 63.8 cm³/mol. The van der Waals surface area contributed by atoms with Gasteiger partial charge >= 0.3 is 5.97 Å². The van der Waals surface area contributed by atoms with Crippen LogP contribution in [0.1, 0.15) is 36.0 Å². The smallest absolute Gasteiger partial charge is 0.338 e. The molecule has 1 N–H and O–H groups in total. The summed E-state index contributed by atoms with van der Waals surface area (Å²) in [5.74, 6) is -0.203. The van der Waals surface area contributed by atoms with Crippen LogP contribution in [0.15, 0.2) is 17.3 Å². The maximum Gasteiger partial charge on any atom is 0.338 e. The number of aromatic carboxylic acids is 1. The highest BCUT2D eigenvalue weighted by atomic mass is 32.2. The van der Waals surface area contributed by atoms with E-state index < -0.39 is 11.8 Å². The number of hydrogen-bond acceptors (Lipinski definition) is 3. The van der Waals surface area contributed by atoms with Crippen molar-refractivity contribution in [3.63, 3.8) is 0 Å². The lowest BCUT2D eigenvalue weighted by Crippen LogP contribution is -2.04. The molecule has 0 atom stereocenters. The van der Waals surface area contributed by atoms with E-state index >= 15 is 0 Å². The summed E-state index contributed by atoms with van der Waals surface area (Å²) >= 11 is 1.42. The van der Waals surface area contributed by atoms with Gasteiger partial charge < -0.3 is 5.11 Å². The van der Waals surface area contributed by atoms with Gasteiger partial charge in [-0.15, -0.1) is 11.8 Å². The van der Waals surface area contributed by atoms with Gasteiger partial charge in [0.05, 0.1) is 11.8 Å². The molecule has 3 nitrogen and oxygen atoms in total. The van der Waals surface area contributed by atoms with Crippen molar-refractivity contribution in [3.8, 4) is 0 Å². The van der Waals surface area contributed by atoms with E-state index in [1.165, 1.54) is 37.4 Å². The van der Waals surface area contributed by atoms with Crippen molar-refractivity contribution >= 4 is 17.7 Å². The number of rotatable bonds is 4. The van der Waals surface area contributed by atoms with Crippen LogP contribution in [0.4, 0.5) is 4.39 Å². The van der Waals surface area contributed by atoms with Gasteiger partial charge in [0, 0.05) is 5.75 Å². The third kappa shape index (κ3) is 3.19. The fourth-order valence-corrected chi connectivity index (χ4v) is 3.22. The lowest BCUT2D eigenvalue weighted by molar-refractivity contribution is 0.0691. The first-order valence-electron chi connectivity index (χ1n) is 5.68. The summed E-state index contributed by atoms with van der Waals surface area (Å²) in [7, 11) is 0. The lowest BCUT2D eigenvalue weighted by Gasteiger charge is -2.09. The molecule has 0 saturated heterocycles. The summed E-state index contributed by atoms with van der Waals surface area (Å²) in [6.07, 6.45) is 6.00. The predicted octanol–water partition coefficient (Wildman–Crippen LogP) is 3.20. The number of carboxylic acid groups (broad SMARTS) is 1. The van der Waals surface area contributed by atoms with Crippen LogP contribution < -0.4 is 0 Å². The first-order chi connectivity index (χ1) is 8.16. The summed E-state index contributed by atoms with van der Waals surface area (Å²) in [6, 6.07) is 1.03. The number of nitrogens with zero attached hydrogens (tertiary/aromatic N) is 1. The Kier molecular flexibility index (Phi) is 3.99. The summed E-state index contributed by atoms with van der Waals surface area (Å²) in [4.78, 5) is 14.8. The van der Waals surface area contributed by atoms with Crippen LogP contribution in [0.2, 0.25) is 0 Å². The van der Waals surface area contributed by atoms with Crippen LogP contribution in [-0.4, -0.2) is 21.8 Å². The number of thioether (sulfide) groups is 1. The monoisotopic (exact) mass is 255 g/mol. The molecular weight excluding hydrogens is 241 g/mol. The molecule has 0 radical (unpaired) electrons. The van der Waals surface area contributed by atoms with Crippen molar-refractivity contribution in [2.24, 2.45) is 5.92 Å². The molecule has 17 heavy (non-hydrogen) atoms. The van der Waals surface area contributed by atoms with E-state index in [1.807, 2.05) is 0 Å². The second-order valence-electron chi connectivity index (χ2n) is 4.27. The normalized spacial score (nSPS) is 16.3. The summed E-state index contributed by atoms with van der Waals surface area (Å²) < 4.78 is 12.9. The van der Waals surface area contributed by atoms with Crippen LogP contribution in [-0.2, 0) is 0 Å². The molecule has 1 saturated carbocycles. The highest BCUT2D eigenvalue weighted by Gasteiger charge is 2.18. The minimum Gasteiger partial charge on any atom is -0.478 e. The molecule has 0 bridgehead atoms. The largest absolute Gasteiger partial charge is 0.478 e. The minimum absolute atomic E-state index is 0.0343. The van der Waals surface area contributed by atoms with Crippen molar-refractivity contribution in [1.29, 1.82) is 0 Å². The van der Waals surface area contributed by atoms with E-state index in [2.05, 4.69) is 4.98 Å². The quantitative estimate of drug-likeness (QED) is 0.839. The maximum atomic E-state index is 12.9. The molecule has 1 heterocycles. The lowest BCUT2D eigenvalue weighted by atomic mass is 10.1. The van der Waals surface area contributed by atoms with Gasteiger partial charge in [-0.3, -0.25) is 0 Å². The zero-order valence-electron chi connectivity index (χ0n) is 9.36. The molecular formula is C12H14FNO2S. The Balaban J connectivity index is 2.06. The Morgan fingerprint density at radius 2 is 2.24 bits per heavy atom. The molecule has 5 heteroatoms. The number of carbonyl (C=O) groups is 1. The van der Waals surface area contributed by atoms with E-state index in [0.717, 1.165) is 18.0 Å². The van der Waals surface area contributed by atoms with Crippen molar-refractivity contribution in [2.75, 3.05) is 5.75 Å². The average molecular weight is 255 g/mol. The number of carboxylic acids is 1. The molecule has 0 spiro atoms. The molecule has 0 amide bonds. The molecule has 1 aromatic rings. The fraction of sp³-hybridized carbons (Fsp3) is 0.500. The zero-order valence-corrected chi connectivity index (χ0v) is 10.2. The summed E-state index contributed by atoms with van der Waals surface area (Å²) in [6.45, 7) is 0. The van der Waals surface area contributed by atoms with Crippen LogP contribution in [0, 0.1) is 11.7 Å². The molecule has 0 aromatic carbocycles. The van der Waals surface area contributed by atoms with Crippen LogP contribution in [0.5, 0.6) is 0 Å². The van der Waals surface area contributed by atoms with Gasteiger partial charge in [0.1, 0.15) is 10.8 Å². The Labute approximate surface area is 103 Å². The van der Waals surface area contributed by atoms with E-state index in [9.17, 15) is 9.18 Å². The van der Waals surface area contributed by atoms with Gasteiger partial charge in [-0.25, -0.2) is 14.2 Å². The average Bonchev–Trinajstić information content (AvgIpc) is 2.80. The first kappa shape index (κ1) is 12.4. The summed E-state index contributed by atoms with van der Waals surface area (Å²) in [5.41, 5.74) is -0.0343. The number of hydrogen-bond donors (Lipinski definition) is 1. The van der Waals surface area contributed by atoms with E-state index in [-0.39, 0.29) is 5.56 Å². The first-order valence-corrected chi connectivity index (χ1v) is 6.67. The van der Waals surface area contributed by atoms with Gasteiger partial charge in [-0.1, -0.05) is 12.8 Å². The van der Waals surface area contributed by atoms with Gasteiger partial charge in [0.15, 0.2) is 0 Å². The molecule has 92 valence electrons. The standard InChI is InChI=1S/C12H14FNO2S/c13-9-5-10(12(15)16)11(14-6-9)17-7-8-3-1-2-4-8/h5-6,8H,1-4,7H2,(H,15,16). The highest BCUT2D eigenvalue weighted by molar-refractivity contribution is 7.99. The highest BCUT2D eigenvalue weighted by Crippen LogP contribution is 2.31. The Hall–Kier alpha value is -1.10. The van der Waals surface area contributed by atoms with Crippen molar-refractivity contribution in [2.45, 2.75) is 30.7 Å². The number of aromatic nitrogens is 1. The topological polar surface area (TPSA) is 50.2 Å². The Morgan fingerprint density at radius 1 is 1.53 bits per heavy atom. The molecule has 0 unspecified atom stereocenters. The minimum atomic E-state index is -1.12. The third-order valence-corrected chi connectivity index (χ3v) is 4.22. The van der Waals surface area contributed by atoms with Crippen molar-refractivity contribution in [3.05, 3.63) is 23.6 Å². The zero-order chi connectivity index (χ0) is 12.3. The van der Waals surface area contributed by atoms with Gasteiger partial charge in [0.25, 0.3) is 0 Å². The van der Waals surface area contributed by atoms with Crippen LogP contribution >= 0.6 is 11.8 Å². The number of pyridine rings is 1. The second kappa shape index (κ2) is 5.49. The third-order valence-electron chi connectivity index (χ3n) is 2.98. The van der Waals surface area contributed by atoms with E-state index in [1.54, 1.807) is 0 Å². The van der Waals surface area contributed by atoms with Gasteiger partial charge in [0.2, 0.25) is 0 Å². The van der Waals surface area contributed by atoms with Gasteiger partial charge in [-0.05, 0) is 24.8 Å². The maximum absolute atomic E-state index is 12.9. The molecule has 2 rings (SSSR count). The molecule has 0 aliphatic heterocycles. The fourth-order valence-electron chi connectivity index (χ4n) is 2.07. The Morgan fingerprint density at radius 3 is 2.88 bits per heavy atom. The SMILES string of the molecule is O=C(O)c1cc(F)cnc1SCC1CCCC1. The summed E-state index contributed by atoms with van der Waals surface area (Å²) in [5, 5.41) is 9.38. The van der Waals surface area contributed by atoms with Gasteiger partial charge in [-0.2, -0.15) is 0 Å². The van der Waals surface area contributed by atoms with Crippen molar-refractivity contribution in [1.82, 2.24) is 4.98 Å². The molecule has 1 aliphatic carbocycles. The van der Waals surface area contributed by atoms with E-state index in [0.29, 0.717) is 10.9 Å². The second-order valence-corrected chi connectivity index (χ2v) is 5.28. The molecule has 1 aromatic heterocycles. The Bertz CT molecular complexity index is 419. The van der Waals surface area contributed by atoms with E-state index in [4.69, 9.17) is 5.11 Å².